The Morgan fingerprint density at radius 1 is 1.18 bits per heavy atom. The summed E-state index contributed by atoms with van der Waals surface area (Å²) in [7, 11) is 0. The largest absolute Gasteiger partial charge is 0.490 e. The average Bonchev–Trinajstić information content (AvgIpc) is 2.50. The fraction of sp³-hybridized carbons (Fsp3) is 0.211. The summed E-state index contributed by atoms with van der Waals surface area (Å²) in [6, 6.07) is 13.5. The Bertz CT molecular complexity index is 660. The zero-order valence-corrected chi connectivity index (χ0v) is 13.1. The molecule has 114 valence electrons. The van der Waals surface area contributed by atoms with Gasteiger partial charge >= 0.3 is 0 Å². The molecule has 0 aromatic heterocycles. The lowest BCUT2D eigenvalue weighted by atomic mass is 10.0. The van der Waals surface area contributed by atoms with E-state index in [0.717, 1.165) is 28.1 Å². The number of rotatable bonds is 6. The molecule has 0 saturated carbocycles. The van der Waals surface area contributed by atoms with E-state index in [1.54, 1.807) is 6.08 Å². The van der Waals surface area contributed by atoms with Crippen LogP contribution in [-0.2, 0) is 11.2 Å². The van der Waals surface area contributed by atoms with Crippen molar-refractivity contribution >= 4 is 11.6 Å². The molecule has 0 aliphatic heterocycles. The molecule has 2 rings (SSSR count). The van der Waals surface area contributed by atoms with E-state index in [1.807, 2.05) is 44.2 Å². The quantitative estimate of drug-likeness (QED) is 0.816. The van der Waals surface area contributed by atoms with Gasteiger partial charge < -0.3 is 10.1 Å². The van der Waals surface area contributed by atoms with Crippen LogP contribution in [0.3, 0.4) is 0 Å². The number of hydrogen-bond acceptors (Lipinski definition) is 2. The highest BCUT2D eigenvalue weighted by Crippen LogP contribution is 2.17. The molecular weight excluding hydrogens is 274 g/mol. The first kappa shape index (κ1) is 15.8. The Balaban J connectivity index is 1.96. The lowest BCUT2D eigenvalue weighted by molar-refractivity contribution is -0.115. The zero-order valence-electron chi connectivity index (χ0n) is 13.1. The number of hydrogen-bond donors (Lipinski definition) is 1. The predicted octanol–water partition coefficient (Wildman–Crippen LogP) is 4.05. The Hall–Kier alpha value is -2.55. The molecule has 22 heavy (non-hydrogen) atoms. The van der Waals surface area contributed by atoms with E-state index in [0.29, 0.717) is 13.0 Å². The molecule has 0 heterocycles. The van der Waals surface area contributed by atoms with Crippen molar-refractivity contribution in [1.29, 1.82) is 0 Å². The van der Waals surface area contributed by atoms with Crippen molar-refractivity contribution in [3.63, 3.8) is 0 Å². The summed E-state index contributed by atoms with van der Waals surface area (Å²) in [6.07, 6.45) is 2.07. The number of carbonyl (C=O) groups is 1. The van der Waals surface area contributed by atoms with Gasteiger partial charge in [-0.25, -0.2) is 0 Å². The van der Waals surface area contributed by atoms with Crippen LogP contribution in [-0.4, -0.2) is 12.5 Å². The summed E-state index contributed by atoms with van der Waals surface area (Å²) in [5.74, 6) is 0.737. The highest BCUT2D eigenvalue weighted by atomic mass is 16.5. The third-order valence-electron chi connectivity index (χ3n) is 3.36. The first-order chi connectivity index (χ1) is 10.6. The highest BCUT2D eigenvalue weighted by molar-refractivity contribution is 5.92. The van der Waals surface area contributed by atoms with Crippen LogP contribution in [0.25, 0.3) is 0 Å². The fourth-order valence-electron chi connectivity index (χ4n) is 2.16. The summed E-state index contributed by atoms with van der Waals surface area (Å²) >= 11 is 0. The van der Waals surface area contributed by atoms with Gasteiger partial charge in [0.15, 0.2) is 0 Å². The van der Waals surface area contributed by atoms with E-state index in [4.69, 9.17) is 4.74 Å². The number of nitrogens with one attached hydrogen (secondary N) is 1. The smallest absolute Gasteiger partial charge is 0.228 e. The summed E-state index contributed by atoms with van der Waals surface area (Å²) in [4.78, 5) is 12.1. The molecule has 3 heteroatoms. The van der Waals surface area contributed by atoms with Gasteiger partial charge in [-0.3, -0.25) is 4.79 Å². The topological polar surface area (TPSA) is 38.3 Å². The highest BCUT2D eigenvalue weighted by Gasteiger charge is 2.07. The average molecular weight is 295 g/mol. The number of amides is 1. The van der Waals surface area contributed by atoms with Crippen LogP contribution in [0.4, 0.5) is 5.69 Å². The molecular formula is C19H21NO2. The first-order valence-corrected chi connectivity index (χ1v) is 7.28. The van der Waals surface area contributed by atoms with Crippen molar-refractivity contribution in [2.75, 3.05) is 11.9 Å². The third kappa shape index (κ3) is 4.48. The molecule has 0 spiro atoms. The Labute approximate surface area is 131 Å². The molecule has 1 amide bonds. The van der Waals surface area contributed by atoms with Gasteiger partial charge in [-0.2, -0.15) is 0 Å². The standard InChI is InChI=1S/C19H21NO2/c1-4-11-22-18-9-7-17(8-10-18)20-19(21)13-16-12-14(2)5-6-15(16)3/h4-10,12H,1,11,13H2,2-3H3,(H,20,21). The minimum absolute atomic E-state index is 0.0199. The summed E-state index contributed by atoms with van der Waals surface area (Å²) < 4.78 is 5.41. The van der Waals surface area contributed by atoms with Gasteiger partial charge in [0.2, 0.25) is 5.91 Å². The maximum atomic E-state index is 12.1. The van der Waals surface area contributed by atoms with E-state index < -0.39 is 0 Å². The van der Waals surface area contributed by atoms with Gasteiger partial charge in [-0.15, -0.1) is 0 Å². The van der Waals surface area contributed by atoms with Gasteiger partial charge in [-0.05, 0) is 49.2 Å². The van der Waals surface area contributed by atoms with Crippen molar-refractivity contribution in [3.8, 4) is 5.75 Å². The maximum Gasteiger partial charge on any atom is 0.228 e. The van der Waals surface area contributed by atoms with Crippen molar-refractivity contribution in [3.05, 3.63) is 71.8 Å². The number of anilines is 1. The Morgan fingerprint density at radius 3 is 2.59 bits per heavy atom. The van der Waals surface area contributed by atoms with Crippen LogP contribution < -0.4 is 10.1 Å². The number of benzene rings is 2. The number of ether oxygens (including phenoxy) is 1. The normalized spacial score (nSPS) is 10.1. The van der Waals surface area contributed by atoms with Crippen LogP contribution in [0.15, 0.2) is 55.1 Å². The van der Waals surface area contributed by atoms with Crippen molar-refractivity contribution in [2.24, 2.45) is 0 Å². The second-order valence-corrected chi connectivity index (χ2v) is 5.28. The second kappa shape index (κ2) is 7.46. The summed E-state index contributed by atoms with van der Waals surface area (Å²) in [5, 5.41) is 2.91. The van der Waals surface area contributed by atoms with Crippen LogP contribution in [0.1, 0.15) is 16.7 Å². The molecule has 0 atom stereocenters. The van der Waals surface area contributed by atoms with E-state index >= 15 is 0 Å². The van der Waals surface area contributed by atoms with E-state index in [1.165, 1.54) is 0 Å². The van der Waals surface area contributed by atoms with E-state index in [9.17, 15) is 4.79 Å². The Kier molecular flexibility index (Phi) is 5.37. The summed E-state index contributed by atoms with van der Waals surface area (Å²) in [6.45, 7) is 8.13. The molecule has 0 aliphatic carbocycles. The lowest BCUT2D eigenvalue weighted by Gasteiger charge is -2.09. The molecule has 0 aliphatic rings. The molecule has 0 bridgehead atoms. The van der Waals surface area contributed by atoms with Crippen LogP contribution in [0, 0.1) is 13.8 Å². The molecule has 0 radical (unpaired) electrons. The number of aryl methyl sites for hydroxylation is 2. The molecule has 1 N–H and O–H groups in total. The SMILES string of the molecule is C=CCOc1ccc(NC(=O)Cc2cc(C)ccc2C)cc1. The summed E-state index contributed by atoms with van der Waals surface area (Å²) in [5.41, 5.74) is 4.12. The molecule has 2 aromatic rings. The van der Waals surface area contributed by atoms with Crippen molar-refractivity contribution in [2.45, 2.75) is 20.3 Å². The van der Waals surface area contributed by atoms with E-state index in [2.05, 4.69) is 24.0 Å². The van der Waals surface area contributed by atoms with E-state index in [-0.39, 0.29) is 5.91 Å². The minimum Gasteiger partial charge on any atom is -0.490 e. The van der Waals surface area contributed by atoms with Gasteiger partial charge in [0.1, 0.15) is 12.4 Å². The van der Waals surface area contributed by atoms with Crippen LogP contribution in [0.2, 0.25) is 0 Å². The van der Waals surface area contributed by atoms with Crippen molar-refractivity contribution < 1.29 is 9.53 Å². The van der Waals surface area contributed by atoms with Gasteiger partial charge in [0.25, 0.3) is 0 Å². The minimum atomic E-state index is -0.0199. The van der Waals surface area contributed by atoms with Gasteiger partial charge in [0, 0.05) is 5.69 Å². The monoisotopic (exact) mass is 295 g/mol. The fourth-order valence-corrected chi connectivity index (χ4v) is 2.16. The van der Waals surface area contributed by atoms with Crippen LogP contribution >= 0.6 is 0 Å². The molecule has 0 fully saturated rings. The maximum absolute atomic E-state index is 12.1. The molecule has 3 nitrogen and oxygen atoms in total. The van der Waals surface area contributed by atoms with Crippen molar-refractivity contribution in [1.82, 2.24) is 0 Å². The predicted molar refractivity (Wildman–Crippen MR) is 90.4 cm³/mol. The Morgan fingerprint density at radius 2 is 1.91 bits per heavy atom. The first-order valence-electron chi connectivity index (χ1n) is 7.28. The number of carbonyl (C=O) groups excluding carboxylic acids is 1. The molecule has 2 aromatic carbocycles. The molecule has 0 unspecified atom stereocenters. The van der Waals surface area contributed by atoms with Crippen LogP contribution in [0.5, 0.6) is 5.75 Å². The second-order valence-electron chi connectivity index (χ2n) is 5.28. The lowest BCUT2D eigenvalue weighted by Crippen LogP contribution is -2.15. The third-order valence-corrected chi connectivity index (χ3v) is 3.36. The van der Waals surface area contributed by atoms with Gasteiger partial charge in [-0.1, -0.05) is 36.4 Å². The molecule has 0 saturated heterocycles. The van der Waals surface area contributed by atoms with Gasteiger partial charge in [0.05, 0.1) is 6.42 Å². The zero-order chi connectivity index (χ0) is 15.9.